The molecule has 3 rings (SSSR count). The van der Waals surface area contributed by atoms with Crippen molar-refractivity contribution in [2.45, 2.75) is 6.54 Å². The second-order valence-electron chi connectivity index (χ2n) is 4.32. The molecule has 0 aliphatic carbocycles. The molecular formula is C15H15N3O. The summed E-state index contributed by atoms with van der Waals surface area (Å²) in [4.78, 5) is 4.29. The minimum absolute atomic E-state index is 0.441. The highest BCUT2D eigenvalue weighted by Crippen LogP contribution is 2.23. The van der Waals surface area contributed by atoms with Gasteiger partial charge in [0, 0.05) is 6.20 Å². The molecule has 2 N–H and O–H groups in total. The quantitative estimate of drug-likeness (QED) is 0.780. The second-order valence-corrected chi connectivity index (χ2v) is 4.32. The molecule has 96 valence electrons. The fourth-order valence-corrected chi connectivity index (χ4v) is 2.17. The topological polar surface area (TPSA) is 52.5 Å². The Morgan fingerprint density at radius 3 is 2.63 bits per heavy atom. The van der Waals surface area contributed by atoms with E-state index in [1.54, 1.807) is 7.11 Å². The van der Waals surface area contributed by atoms with Crippen molar-refractivity contribution < 1.29 is 4.74 Å². The van der Waals surface area contributed by atoms with E-state index < -0.39 is 0 Å². The molecule has 0 amide bonds. The number of nitrogens with zero attached hydrogens (tertiary/aromatic N) is 2. The third-order valence-corrected chi connectivity index (χ3v) is 3.21. The number of ether oxygens (including phenoxy) is 1. The third kappa shape index (κ3) is 2.06. The number of hydrogen-bond acceptors (Lipinski definition) is 3. The number of rotatable bonds is 3. The Morgan fingerprint density at radius 2 is 1.95 bits per heavy atom. The van der Waals surface area contributed by atoms with Crippen LogP contribution >= 0.6 is 0 Å². The van der Waals surface area contributed by atoms with Gasteiger partial charge in [0.2, 0.25) is 0 Å². The van der Waals surface area contributed by atoms with Crippen molar-refractivity contribution in [3.8, 4) is 16.9 Å². The summed E-state index contributed by atoms with van der Waals surface area (Å²) in [6, 6.07) is 12.2. The van der Waals surface area contributed by atoms with Crippen LogP contribution in [0.4, 0.5) is 0 Å². The van der Waals surface area contributed by atoms with Crippen LogP contribution in [0, 0.1) is 0 Å². The summed E-state index contributed by atoms with van der Waals surface area (Å²) in [7, 11) is 1.67. The van der Waals surface area contributed by atoms with Gasteiger partial charge < -0.3 is 14.9 Å². The molecule has 2 heterocycles. The van der Waals surface area contributed by atoms with Crippen molar-refractivity contribution in [1.29, 1.82) is 0 Å². The Morgan fingerprint density at radius 1 is 1.16 bits per heavy atom. The van der Waals surface area contributed by atoms with Crippen molar-refractivity contribution in [2.24, 2.45) is 5.73 Å². The molecule has 0 atom stereocenters. The van der Waals surface area contributed by atoms with Crippen LogP contribution in [-0.2, 0) is 6.54 Å². The predicted octanol–water partition coefficient (Wildman–Crippen LogP) is 2.47. The number of benzene rings is 1. The van der Waals surface area contributed by atoms with Crippen molar-refractivity contribution >= 4 is 5.52 Å². The van der Waals surface area contributed by atoms with E-state index in [1.165, 1.54) is 0 Å². The van der Waals surface area contributed by atoms with Crippen molar-refractivity contribution in [1.82, 2.24) is 9.38 Å². The van der Waals surface area contributed by atoms with Gasteiger partial charge >= 0.3 is 0 Å². The molecule has 0 unspecified atom stereocenters. The summed E-state index contributed by atoms with van der Waals surface area (Å²) in [5, 5.41) is 0. The predicted molar refractivity (Wildman–Crippen MR) is 75.1 cm³/mol. The van der Waals surface area contributed by atoms with Gasteiger partial charge in [0.15, 0.2) is 0 Å². The minimum atomic E-state index is 0.441. The normalized spacial score (nSPS) is 10.8. The van der Waals surface area contributed by atoms with Crippen LogP contribution in [0.3, 0.4) is 0 Å². The standard InChI is InChI=1S/C15H15N3O/c1-19-14-4-2-11(3-5-14)12-6-7-18-13(8-12)10-17-15(18)9-16/h2-8,10H,9,16H2,1H3. The molecule has 3 aromatic rings. The van der Waals surface area contributed by atoms with Crippen molar-refractivity contribution in [2.75, 3.05) is 7.11 Å². The lowest BCUT2D eigenvalue weighted by Crippen LogP contribution is -2.02. The highest BCUT2D eigenvalue weighted by atomic mass is 16.5. The van der Waals surface area contributed by atoms with Gasteiger partial charge in [-0.1, -0.05) is 12.1 Å². The largest absolute Gasteiger partial charge is 0.497 e. The molecule has 4 nitrogen and oxygen atoms in total. The zero-order valence-corrected chi connectivity index (χ0v) is 10.7. The first-order valence-corrected chi connectivity index (χ1v) is 6.12. The van der Waals surface area contributed by atoms with Gasteiger partial charge in [-0.05, 0) is 35.4 Å². The number of pyridine rings is 1. The first-order chi connectivity index (χ1) is 9.31. The molecule has 0 aliphatic heterocycles. The molecule has 0 radical (unpaired) electrons. The van der Waals surface area contributed by atoms with E-state index in [-0.39, 0.29) is 0 Å². The van der Waals surface area contributed by atoms with Crippen LogP contribution < -0.4 is 10.5 Å². The van der Waals surface area contributed by atoms with Crippen LogP contribution in [0.25, 0.3) is 16.6 Å². The average molecular weight is 253 g/mol. The summed E-state index contributed by atoms with van der Waals surface area (Å²) in [6.45, 7) is 0.441. The Labute approximate surface area is 111 Å². The van der Waals surface area contributed by atoms with Gasteiger partial charge in [-0.3, -0.25) is 0 Å². The lowest BCUT2D eigenvalue weighted by molar-refractivity contribution is 0.415. The average Bonchev–Trinajstić information content (AvgIpc) is 2.89. The van der Waals surface area contributed by atoms with Crippen molar-refractivity contribution in [3.63, 3.8) is 0 Å². The van der Waals surface area contributed by atoms with Crippen molar-refractivity contribution in [3.05, 3.63) is 54.6 Å². The summed E-state index contributed by atoms with van der Waals surface area (Å²) in [5.41, 5.74) is 9.00. The Balaban J connectivity index is 2.04. The summed E-state index contributed by atoms with van der Waals surface area (Å²) >= 11 is 0. The SMILES string of the molecule is COc1ccc(-c2ccn3c(CN)ncc3c2)cc1. The smallest absolute Gasteiger partial charge is 0.127 e. The zero-order valence-electron chi connectivity index (χ0n) is 10.7. The van der Waals surface area contributed by atoms with Gasteiger partial charge in [-0.15, -0.1) is 0 Å². The Bertz CT molecular complexity index is 701. The maximum Gasteiger partial charge on any atom is 0.127 e. The molecule has 4 heteroatoms. The maximum absolute atomic E-state index is 5.64. The van der Waals surface area contributed by atoms with Gasteiger partial charge in [-0.2, -0.15) is 0 Å². The molecule has 0 bridgehead atoms. The number of methoxy groups -OCH3 is 1. The van der Waals surface area contributed by atoms with Crippen LogP contribution in [0.5, 0.6) is 5.75 Å². The molecule has 19 heavy (non-hydrogen) atoms. The highest BCUT2D eigenvalue weighted by Gasteiger charge is 2.04. The van der Waals surface area contributed by atoms with Crippen LogP contribution in [0.2, 0.25) is 0 Å². The third-order valence-electron chi connectivity index (χ3n) is 3.21. The molecular weight excluding hydrogens is 238 g/mol. The summed E-state index contributed by atoms with van der Waals surface area (Å²) in [5.74, 6) is 1.73. The van der Waals surface area contributed by atoms with Crippen LogP contribution in [0.1, 0.15) is 5.82 Å². The highest BCUT2D eigenvalue weighted by molar-refractivity contribution is 5.69. The lowest BCUT2D eigenvalue weighted by Gasteiger charge is -2.05. The molecule has 2 aromatic heterocycles. The number of aromatic nitrogens is 2. The molecule has 0 fully saturated rings. The van der Waals surface area contributed by atoms with Gasteiger partial charge in [0.25, 0.3) is 0 Å². The van der Waals surface area contributed by atoms with Crippen LogP contribution in [0.15, 0.2) is 48.8 Å². The first kappa shape index (κ1) is 11.7. The van der Waals surface area contributed by atoms with Crippen LogP contribution in [-0.4, -0.2) is 16.5 Å². The lowest BCUT2D eigenvalue weighted by atomic mass is 10.1. The van der Waals surface area contributed by atoms with E-state index in [0.717, 1.165) is 28.2 Å². The number of hydrogen-bond donors (Lipinski definition) is 1. The number of imidazole rings is 1. The van der Waals surface area contributed by atoms with E-state index in [2.05, 4.69) is 17.1 Å². The zero-order chi connectivity index (χ0) is 13.2. The molecule has 0 saturated carbocycles. The van der Waals surface area contributed by atoms with Gasteiger partial charge in [-0.25, -0.2) is 4.98 Å². The number of fused-ring (bicyclic) bond motifs is 1. The van der Waals surface area contributed by atoms with E-state index in [4.69, 9.17) is 10.5 Å². The molecule has 1 aromatic carbocycles. The first-order valence-electron chi connectivity index (χ1n) is 6.12. The van der Waals surface area contributed by atoms with E-state index in [0.29, 0.717) is 6.54 Å². The number of nitrogens with two attached hydrogens (primary N) is 1. The van der Waals surface area contributed by atoms with E-state index in [9.17, 15) is 0 Å². The maximum atomic E-state index is 5.64. The monoisotopic (exact) mass is 253 g/mol. The van der Waals surface area contributed by atoms with E-state index in [1.807, 2.05) is 41.1 Å². The Kier molecular flexibility index (Phi) is 2.93. The fraction of sp³-hybridized carbons (Fsp3) is 0.133. The molecule has 0 aliphatic rings. The van der Waals surface area contributed by atoms with Gasteiger partial charge in [0.1, 0.15) is 11.6 Å². The summed E-state index contributed by atoms with van der Waals surface area (Å²) in [6.07, 6.45) is 3.85. The minimum Gasteiger partial charge on any atom is -0.497 e. The molecule has 0 saturated heterocycles. The fourth-order valence-electron chi connectivity index (χ4n) is 2.17. The Hall–Kier alpha value is -2.33. The summed E-state index contributed by atoms with van der Waals surface area (Å²) < 4.78 is 7.17. The molecule has 0 spiro atoms. The van der Waals surface area contributed by atoms with Gasteiger partial charge in [0.05, 0.1) is 25.4 Å². The van der Waals surface area contributed by atoms with E-state index >= 15 is 0 Å². The second kappa shape index (κ2) is 4.74.